The van der Waals surface area contributed by atoms with E-state index in [2.05, 4.69) is 20.3 Å². The van der Waals surface area contributed by atoms with E-state index in [1.54, 1.807) is 6.20 Å². The second-order valence-electron chi connectivity index (χ2n) is 5.87. The molecule has 0 saturated carbocycles. The third kappa shape index (κ3) is 4.14. The van der Waals surface area contributed by atoms with Crippen molar-refractivity contribution in [2.75, 3.05) is 13.1 Å². The van der Waals surface area contributed by atoms with Gasteiger partial charge >= 0.3 is 6.55 Å². The van der Waals surface area contributed by atoms with Gasteiger partial charge in [0.2, 0.25) is 0 Å². The minimum absolute atomic E-state index is 0.0136. The fourth-order valence-electron chi connectivity index (χ4n) is 2.89. The van der Waals surface area contributed by atoms with E-state index in [9.17, 15) is 13.6 Å². The Morgan fingerprint density at radius 2 is 2.29 bits per heavy atom. The van der Waals surface area contributed by atoms with E-state index < -0.39 is 12.5 Å². The first-order valence-corrected chi connectivity index (χ1v) is 7.87. The van der Waals surface area contributed by atoms with Gasteiger partial charge in [-0.2, -0.15) is 13.9 Å². The molecule has 0 aliphatic carbocycles. The summed E-state index contributed by atoms with van der Waals surface area (Å²) in [5, 5.41) is 6.48. The first-order chi connectivity index (χ1) is 11.6. The van der Waals surface area contributed by atoms with Crippen LogP contribution in [0, 0.1) is 0 Å². The topological polar surface area (TPSA) is 63.1 Å². The molecule has 8 heteroatoms. The summed E-state index contributed by atoms with van der Waals surface area (Å²) in [5.41, 5.74) is 1.14. The molecule has 1 amide bonds. The van der Waals surface area contributed by atoms with Gasteiger partial charge in [0.05, 0.1) is 0 Å². The predicted octanol–water partition coefficient (Wildman–Crippen LogP) is 2.07. The van der Waals surface area contributed by atoms with Crippen LogP contribution in [0.3, 0.4) is 0 Å². The number of nitrogens with one attached hydrogen (secondary N) is 1. The molecular formula is C16H19F2N5O. The molecule has 24 heavy (non-hydrogen) atoms. The lowest BCUT2D eigenvalue weighted by molar-refractivity contribution is 0.0559. The fourth-order valence-corrected chi connectivity index (χ4v) is 2.89. The molecule has 3 rings (SSSR count). The number of aromatic nitrogens is 3. The highest BCUT2D eigenvalue weighted by atomic mass is 19.3. The van der Waals surface area contributed by atoms with Gasteiger partial charge in [-0.25, -0.2) is 4.68 Å². The van der Waals surface area contributed by atoms with E-state index in [1.807, 2.05) is 18.3 Å². The molecule has 1 fully saturated rings. The molecule has 128 valence electrons. The molecule has 1 aliphatic heterocycles. The average molecular weight is 335 g/mol. The Kier molecular flexibility index (Phi) is 5.14. The highest BCUT2D eigenvalue weighted by Crippen LogP contribution is 2.14. The molecule has 1 aliphatic rings. The zero-order valence-electron chi connectivity index (χ0n) is 13.1. The predicted molar refractivity (Wildman–Crippen MR) is 83.5 cm³/mol. The van der Waals surface area contributed by atoms with Crippen molar-refractivity contribution in [2.45, 2.75) is 32.0 Å². The van der Waals surface area contributed by atoms with E-state index in [4.69, 9.17) is 0 Å². The van der Waals surface area contributed by atoms with Crippen molar-refractivity contribution in [3.05, 3.63) is 48.0 Å². The third-order valence-corrected chi connectivity index (χ3v) is 4.01. The second kappa shape index (κ2) is 7.48. The molecule has 6 nitrogen and oxygen atoms in total. The first kappa shape index (κ1) is 16.5. The highest BCUT2D eigenvalue weighted by Gasteiger charge is 2.23. The summed E-state index contributed by atoms with van der Waals surface area (Å²) in [7, 11) is 0. The van der Waals surface area contributed by atoms with Gasteiger partial charge in [0, 0.05) is 37.7 Å². The number of hydrogen-bond donors (Lipinski definition) is 1. The van der Waals surface area contributed by atoms with Crippen molar-refractivity contribution in [3.63, 3.8) is 0 Å². The number of hydrogen-bond acceptors (Lipinski definition) is 4. The Balaban J connectivity index is 1.55. The van der Waals surface area contributed by atoms with Crippen molar-refractivity contribution in [1.82, 2.24) is 25.0 Å². The van der Waals surface area contributed by atoms with Gasteiger partial charge in [0.15, 0.2) is 0 Å². The Hall–Kier alpha value is -2.35. The molecule has 1 atom stereocenters. The smallest absolute Gasteiger partial charge is 0.333 e. The average Bonchev–Trinajstić information content (AvgIpc) is 3.06. The molecule has 0 bridgehead atoms. The van der Waals surface area contributed by atoms with Gasteiger partial charge in [-0.15, -0.1) is 0 Å². The molecule has 1 saturated heterocycles. The number of carbonyl (C=O) groups is 1. The lowest BCUT2D eigenvalue weighted by Gasteiger charge is -2.32. The quantitative estimate of drug-likeness (QED) is 0.909. The molecule has 0 aromatic carbocycles. The van der Waals surface area contributed by atoms with Crippen molar-refractivity contribution >= 4 is 5.91 Å². The normalized spacial score (nSPS) is 18.7. The summed E-state index contributed by atoms with van der Waals surface area (Å²) in [6.07, 6.45) is 6.51. The van der Waals surface area contributed by atoms with Crippen molar-refractivity contribution < 1.29 is 13.6 Å². The van der Waals surface area contributed by atoms with Crippen molar-refractivity contribution in [3.8, 4) is 0 Å². The van der Waals surface area contributed by atoms with Gasteiger partial charge < -0.3 is 5.32 Å². The monoisotopic (exact) mass is 335 g/mol. The van der Waals surface area contributed by atoms with Crippen LogP contribution in [-0.2, 0) is 6.54 Å². The third-order valence-electron chi connectivity index (χ3n) is 4.01. The van der Waals surface area contributed by atoms with Gasteiger partial charge in [-0.05, 0) is 37.1 Å². The summed E-state index contributed by atoms with van der Waals surface area (Å²) in [5.74, 6) is -0.414. The molecular weight excluding hydrogens is 316 g/mol. The minimum atomic E-state index is -2.74. The summed E-state index contributed by atoms with van der Waals surface area (Å²) in [4.78, 5) is 18.5. The standard InChI is InChI=1S/C16H19F2N5O/c17-16(18)23-8-5-14(21-23)15(24)20-13-4-2-7-22(11-13)10-12-3-1-6-19-9-12/h1,3,5-6,8-9,13,16H,2,4,7,10-11H2,(H,20,24)/t13-/m0/s1. The maximum atomic E-state index is 12.5. The zero-order chi connectivity index (χ0) is 16.9. The Morgan fingerprint density at radius 1 is 1.42 bits per heavy atom. The van der Waals surface area contributed by atoms with Gasteiger partial charge in [-0.3, -0.25) is 14.7 Å². The molecule has 0 unspecified atom stereocenters. The number of halogens is 2. The van der Waals surface area contributed by atoms with E-state index >= 15 is 0 Å². The zero-order valence-corrected chi connectivity index (χ0v) is 13.1. The molecule has 2 aromatic rings. The molecule has 2 aromatic heterocycles. The Morgan fingerprint density at radius 3 is 3.00 bits per heavy atom. The second-order valence-corrected chi connectivity index (χ2v) is 5.87. The fraction of sp³-hybridized carbons (Fsp3) is 0.438. The largest absolute Gasteiger partial charge is 0.347 e. The van der Waals surface area contributed by atoms with E-state index in [0.717, 1.165) is 44.2 Å². The van der Waals surface area contributed by atoms with Crippen LogP contribution in [-0.4, -0.2) is 44.7 Å². The number of piperidine rings is 1. The highest BCUT2D eigenvalue weighted by molar-refractivity contribution is 5.92. The number of carbonyl (C=O) groups excluding carboxylic acids is 1. The van der Waals surface area contributed by atoms with Gasteiger partial charge in [0.1, 0.15) is 5.69 Å². The lowest BCUT2D eigenvalue weighted by Crippen LogP contribution is -2.47. The summed E-state index contributed by atoms with van der Waals surface area (Å²) >= 11 is 0. The van der Waals surface area contributed by atoms with E-state index in [-0.39, 0.29) is 11.7 Å². The summed E-state index contributed by atoms with van der Waals surface area (Å²) < 4.78 is 25.5. The van der Waals surface area contributed by atoms with Crippen LogP contribution >= 0.6 is 0 Å². The molecule has 3 heterocycles. The molecule has 1 N–H and O–H groups in total. The lowest BCUT2D eigenvalue weighted by atomic mass is 10.0. The number of alkyl halides is 2. The SMILES string of the molecule is O=C(N[C@H]1CCCN(Cc2cccnc2)C1)c1ccn(C(F)F)n1. The maximum absolute atomic E-state index is 12.5. The Labute approximate surface area is 138 Å². The first-order valence-electron chi connectivity index (χ1n) is 7.87. The van der Waals surface area contributed by atoms with Crippen LogP contribution in [0.2, 0.25) is 0 Å². The van der Waals surface area contributed by atoms with E-state index in [0.29, 0.717) is 4.68 Å². The molecule has 0 spiro atoms. The number of rotatable bonds is 5. The van der Waals surface area contributed by atoms with Crippen LogP contribution in [0.1, 0.15) is 35.4 Å². The number of nitrogens with zero attached hydrogens (tertiary/aromatic N) is 4. The van der Waals surface area contributed by atoms with Gasteiger partial charge in [-0.1, -0.05) is 6.07 Å². The van der Waals surface area contributed by atoms with Crippen LogP contribution in [0.15, 0.2) is 36.8 Å². The number of likely N-dealkylation sites (tertiary alicyclic amines) is 1. The molecule has 0 radical (unpaired) electrons. The van der Waals surface area contributed by atoms with Gasteiger partial charge in [0.25, 0.3) is 5.91 Å². The maximum Gasteiger partial charge on any atom is 0.333 e. The minimum Gasteiger partial charge on any atom is -0.347 e. The number of amides is 1. The van der Waals surface area contributed by atoms with Crippen molar-refractivity contribution in [2.24, 2.45) is 0 Å². The van der Waals surface area contributed by atoms with Crippen LogP contribution in [0.25, 0.3) is 0 Å². The summed E-state index contributed by atoms with van der Waals surface area (Å²) in [6, 6.07) is 5.21. The van der Waals surface area contributed by atoms with E-state index in [1.165, 1.54) is 6.07 Å². The van der Waals surface area contributed by atoms with Crippen molar-refractivity contribution in [1.29, 1.82) is 0 Å². The Bertz CT molecular complexity index is 676. The summed E-state index contributed by atoms with van der Waals surface area (Å²) in [6.45, 7) is -0.284. The van der Waals surface area contributed by atoms with Crippen LogP contribution in [0.5, 0.6) is 0 Å². The van der Waals surface area contributed by atoms with Crippen LogP contribution in [0.4, 0.5) is 8.78 Å². The van der Waals surface area contributed by atoms with Crippen LogP contribution < -0.4 is 5.32 Å². The number of pyridine rings is 1.